The average molecular weight is 399 g/mol. The van der Waals surface area contributed by atoms with E-state index in [1.54, 1.807) is 31.6 Å². The standard InChI is InChI=1S/C20H19ClN4O3/c1-27-14-4-2-3-13(9-14)16-5-6-20(26)25(24-16)19-12-28-11-18(19)23-17-7-8-22-10-15(17)21/h2-10,18-19H,11-12H2,1H3,(H,22,23). The van der Waals surface area contributed by atoms with Crippen LogP contribution in [0.1, 0.15) is 6.04 Å². The lowest BCUT2D eigenvalue weighted by Gasteiger charge is -2.22. The molecule has 1 aromatic carbocycles. The van der Waals surface area contributed by atoms with Gasteiger partial charge in [0.05, 0.1) is 42.8 Å². The molecule has 3 aromatic rings. The van der Waals surface area contributed by atoms with Gasteiger partial charge in [0, 0.05) is 24.0 Å². The van der Waals surface area contributed by atoms with Gasteiger partial charge in [-0.1, -0.05) is 23.7 Å². The van der Waals surface area contributed by atoms with Gasteiger partial charge in [-0.05, 0) is 24.3 Å². The van der Waals surface area contributed by atoms with Crippen LogP contribution >= 0.6 is 11.6 Å². The van der Waals surface area contributed by atoms with Gasteiger partial charge < -0.3 is 14.8 Å². The molecule has 1 fully saturated rings. The predicted molar refractivity (Wildman–Crippen MR) is 107 cm³/mol. The van der Waals surface area contributed by atoms with Crippen LogP contribution in [0.2, 0.25) is 5.02 Å². The summed E-state index contributed by atoms with van der Waals surface area (Å²) in [5.74, 6) is 0.730. The maximum absolute atomic E-state index is 12.5. The highest BCUT2D eigenvalue weighted by Gasteiger charge is 2.32. The Bertz CT molecular complexity index is 1040. The van der Waals surface area contributed by atoms with E-state index in [0.717, 1.165) is 17.0 Å². The van der Waals surface area contributed by atoms with Gasteiger partial charge in [-0.25, -0.2) is 4.68 Å². The third kappa shape index (κ3) is 3.72. The van der Waals surface area contributed by atoms with Gasteiger partial charge in [0.15, 0.2) is 0 Å². The van der Waals surface area contributed by atoms with Crippen LogP contribution in [0.4, 0.5) is 5.69 Å². The topological polar surface area (TPSA) is 78.3 Å². The number of nitrogens with zero attached hydrogens (tertiary/aromatic N) is 3. The quantitative estimate of drug-likeness (QED) is 0.711. The van der Waals surface area contributed by atoms with Crippen LogP contribution in [-0.2, 0) is 4.74 Å². The van der Waals surface area contributed by atoms with Crippen molar-refractivity contribution >= 4 is 17.3 Å². The van der Waals surface area contributed by atoms with Gasteiger partial charge in [0.2, 0.25) is 0 Å². The lowest BCUT2D eigenvalue weighted by atomic mass is 10.1. The van der Waals surface area contributed by atoms with Gasteiger partial charge in [-0.2, -0.15) is 5.10 Å². The van der Waals surface area contributed by atoms with Crippen molar-refractivity contribution in [2.45, 2.75) is 12.1 Å². The molecular formula is C20H19ClN4O3. The predicted octanol–water partition coefficient (Wildman–Crippen LogP) is 3.02. The minimum Gasteiger partial charge on any atom is -0.497 e. The number of nitrogens with one attached hydrogen (secondary N) is 1. The van der Waals surface area contributed by atoms with Crippen molar-refractivity contribution in [2.75, 3.05) is 25.6 Å². The second-order valence-corrected chi connectivity index (χ2v) is 6.85. The Kier molecular flexibility index (Phi) is 5.27. The summed E-state index contributed by atoms with van der Waals surface area (Å²) < 4.78 is 12.4. The third-order valence-corrected chi connectivity index (χ3v) is 4.97. The molecule has 0 bridgehead atoms. The second-order valence-electron chi connectivity index (χ2n) is 6.44. The molecule has 0 amide bonds. The molecule has 28 heavy (non-hydrogen) atoms. The summed E-state index contributed by atoms with van der Waals surface area (Å²) in [5, 5.41) is 8.46. The lowest BCUT2D eigenvalue weighted by Crippen LogP contribution is -2.37. The SMILES string of the molecule is COc1cccc(-c2ccc(=O)n(C3COCC3Nc3ccncc3Cl)n2)c1. The van der Waals surface area contributed by atoms with Gasteiger partial charge in [0.1, 0.15) is 11.8 Å². The van der Waals surface area contributed by atoms with E-state index in [2.05, 4.69) is 15.4 Å². The van der Waals surface area contributed by atoms with Crippen LogP contribution in [0.15, 0.2) is 59.7 Å². The zero-order chi connectivity index (χ0) is 19.5. The molecule has 144 valence electrons. The number of aromatic nitrogens is 3. The molecule has 4 rings (SSSR count). The highest BCUT2D eigenvalue weighted by Crippen LogP contribution is 2.27. The molecule has 0 spiro atoms. The third-order valence-electron chi connectivity index (χ3n) is 4.67. The van der Waals surface area contributed by atoms with E-state index in [0.29, 0.717) is 23.9 Å². The van der Waals surface area contributed by atoms with E-state index < -0.39 is 0 Å². The van der Waals surface area contributed by atoms with E-state index in [-0.39, 0.29) is 17.6 Å². The van der Waals surface area contributed by atoms with E-state index in [1.165, 1.54) is 10.7 Å². The first-order valence-electron chi connectivity index (χ1n) is 8.84. The van der Waals surface area contributed by atoms with Crippen molar-refractivity contribution in [3.8, 4) is 17.0 Å². The summed E-state index contributed by atoms with van der Waals surface area (Å²) in [6, 6.07) is 12.2. The minimum absolute atomic E-state index is 0.148. The fourth-order valence-corrected chi connectivity index (χ4v) is 3.39. The lowest BCUT2D eigenvalue weighted by molar-refractivity contribution is 0.183. The largest absolute Gasteiger partial charge is 0.497 e. The van der Waals surface area contributed by atoms with Crippen molar-refractivity contribution in [1.82, 2.24) is 14.8 Å². The first-order valence-corrected chi connectivity index (χ1v) is 9.21. The van der Waals surface area contributed by atoms with E-state index in [1.807, 2.05) is 24.3 Å². The Morgan fingerprint density at radius 2 is 2.14 bits per heavy atom. The molecule has 0 saturated carbocycles. The van der Waals surface area contributed by atoms with E-state index >= 15 is 0 Å². The van der Waals surface area contributed by atoms with Crippen LogP contribution in [0, 0.1) is 0 Å². The van der Waals surface area contributed by atoms with Crippen molar-refractivity contribution in [3.05, 3.63) is 70.2 Å². The fraction of sp³-hybridized carbons (Fsp3) is 0.250. The van der Waals surface area contributed by atoms with Crippen molar-refractivity contribution < 1.29 is 9.47 Å². The van der Waals surface area contributed by atoms with Crippen LogP contribution in [0.25, 0.3) is 11.3 Å². The number of anilines is 1. The molecule has 0 radical (unpaired) electrons. The van der Waals surface area contributed by atoms with Gasteiger partial charge in [-0.3, -0.25) is 9.78 Å². The summed E-state index contributed by atoms with van der Waals surface area (Å²) in [5.41, 5.74) is 2.11. The Hall–Kier alpha value is -2.90. The average Bonchev–Trinajstić information content (AvgIpc) is 3.18. The molecule has 2 aromatic heterocycles. The molecule has 2 atom stereocenters. The van der Waals surface area contributed by atoms with Crippen LogP contribution in [0.3, 0.4) is 0 Å². The number of hydrogen-bond donors (Lipinski definition) is 1. The number of pyridine rings is 1. The minimum atomic E-state index is -0.262. The van der Waals surface area contributed by atoms with E-state index in [9.17, 15) is 4.79 Å². The molecule has 1 aliphatic rings. The highest BCUT2D eigenvalue weighted by molar-refractivity contribution is 6.33. The zero-order valence-corrected chi connectivity index (χ0v) is 16.0. The molecule has 1 N–H and O–H groups in total. The van der Waals surface area contributed by atoms with Gasteiger partial charge in [-0.15, -0.1) is 0 Å². The molecule has 2 unspecified atom stereocenters. The number of rotatable bonds is 5. The normalized spacial score (nSPS) is 18.8. The van der Waals surface area contributed by atoms with E-state index in [4.69, 9.17) is 21.1 Å². The summed E-state index contributed by atoms with van der Waals surface area (Å²) in [6.07, 6.45) is 3.23. The maximum Gasteiger partial charge on any atom is 0.267 e. The number of ether oxygens (including phenoxy) is 2. The molecule has 0 aliphatic carbocycles. The zero-order valence-electron chi connectivity index (χ0n) is 15.2. The van der Waals surface area contributed by atoms with Crippen LogP contribution in [-0.4, -0.2) is 41.1 Å². The number of hydrogen-bond acceptors (Lipinski definition) is 6. The fourth-order valence-electron chi connectivity index (χ4n) is 3.21. The Morgan fingerprint density at radius 3 is 2.96 bits per heavy atom. The summed E-state index contributed by atoms with van der Waals surface area (Å²) in [4.78, 5) is 16.5. The molecule has 3 heterocycles. The smallest absolute Gasteiger partial charge is 0.267 e. The first-order chi connectivity index (χ1) is 13.7. The monoisotopic (exact) mass is 398 g/mol. The number of benzene rings is 1. The number of halogens is 1. The molecule has 1 saturated heterocycles. The van der Waals surface area contributed by atoms with Gasteiger partial charge in [0.25, 0.3) is 5.56 Å². The van der Waals surface area contributed by atoms with Crippen LogP contribution < -0.4 is 15.6 Å². The summed E-state index contributed by atoms with van der Waals surface area (Å²) >= 11 is 6.20. The Labute approximate surface area is 166 Å². The molecule has 1 aliphatic heterocycles. The number of methoxy groups -OCH3 is 1. The molecular weight excluding hydrogens is 380 g/mol. The molecule has 7 nitrogen and oxygen atoms in total. The van der Waals surface area contributed by atoms with Crippen molar-refractivity contribution in [3.63, 3.8) is 0 Å². The van der Waals surface area contributed by atoms with Crippen molar-refractivity contribution in [1.29, 1.82) is 0 Å². The first kappa shape index (κ1) is 18.5. The second kappa shape index (κ2) is 8.00. The van der Waals surface area contributed by atoms with Gasteiger partial charge >= 0.3 is 0 Å². The summed E-state index contributed by atoms with van der Waals surface area (Å²) in [6.45, 7) is 0.829. The summed E-state index contributed by atoms with van der Waals surface area (Å²) in [7, 11) is 1.61. The van der Waals surface area contributed by atoms with Crippen LogP contribution in [0.5, 0.6) is 5.75 Å². The maximum atomic E-state index is 12.5. The Morgan fingerprint density at radius 1 is 1.25 bits per heavy atom. The van der Waals surface area contributed by atoms with Crippen molar-refractivity contribution in [2.24, 2.45) is 0 Å². The highest BCUT2D eigenvalue weighted by atomic mass is 35.5. The molecule has 8 heteroatoms. The Balaban J connectivity index is 1.66.